The monoisotopic (exact) mass is 312 g/mol. The number of hydrogen-bond donors (Lipinski definition) is 1. The normalized spacial score (nSPS) is 13.0. The van der Waals surface area contributed by atoms with E-state index in [4.69, 9.17) is 5.41 Å². The molecular formula is C20H44N2. The summed E-state index contributed by atoms with van der Waals surface area (Å²) in [6, 6.07) is 0. The van der Waals surface area contributed by atoms with E-state index in [2.05, 4.69) is 74.2 Å². The molecule has 0 unspecified atom stereocenters. The van der Waals surface area contributed by atoms with Gasteiger partial charge >= 0.3 is 0 Å². The van der Waals surface area contributed by atoms with Gasteiger partial charge in [-0.2, -0.15) is 0 Å². The summed E-state index contributed by atoms with van der Waals surface area (Å²) in [5, 5.41) is 7.15. The van der Waals surface area contributed by atoms with Gasteiger partial charge in [-0.3, -0.25) is 4.99 Å². The first kappa shape index (κ1) is 26.2. The Bertz CT molecular complexity index is 325. The van der Waals surface area contributed by atoms with Crippen molar-refractivity contribution in [3.63, 3.8) is 0 Å². The van der Waals surface area contributed by atoms with Crippen LogP contribution in [0.3, 0.4) is 0 Å². The van der Waals surface area contributed by atoms with E-state index >= 15 is 0 Å². The van der Waals surface area contributed by atoms with Crippen LogP contribution in [0.5, 0.6) is 0 Å². The van der Waals surface area contributed by atoms with Crippen LogP contribution >= 0.6 is 0 Å². The molecule has 134 valence electrons. The highest BCUT2D eigenvalue weighted by molar-refractivity contribution is 5.87. The summed E-state index contributed by atoms with van der Waals surface area (Å²) in [5.41, 5.74) is 2.34. The van der Waals surface area contributed by atoms with Crippen molar-refractivity contribution in [1.82, 2.24) is 0 Å². The van der Waals surface area contributed by atoms with Crippen LogP contribution in [0.1, 0.15) is 96.9 Å². The first-order valence-corrected chi connectivity index (χ1v) is 8.43. The number of nitrogens with one attached hydrogen (secondary N) is 1. The van der Waals surface area contributed by atoms with Crippen LogP contribution in [0.25, 0.3) is 0 Å². The van der Waals surface area contributed by atoms with Crippen LogP contribution in [0, 0.1) is 22.2 Å². The molecule has 0 radical (unpaired) electrons. The second-order valence-electron chi connectivity index (χ2n) is 9.73. The molecule has 0 bridgehead atoms. The molecule has 0 aromatic rings. The van der Waals surface area contributed by atoms with Gasteiger partial charge in [-0.15, -0.1) is 0 Å². The average Bonchev–Trinajstić information content (AvgIpc) is 2.11. The minimum Gasteiger partial charge on any atom is -0.309 e. The summed E-state index contributed by atoms with van der Waals surface area (Å²) in [6.07, 6.45) is 0. The van der Waals surface area contributed by atoms with Crippen LogP contribution in [-0.2, 0) is 0 Å². The second kappa shape index (κ2) is 10.2. The van der Waals surface area contributed by atoms with Gasteiger partial charge in [0.2, 0.25) is 0 Å². The van der Waals surface area contributed by atoms with E-state index in [1.807, 2.05) is 27.7 Å². The lowest BCUT2D eigenvalue weighted by atomic mass is 9.90. The number of hydrogen-bond acceptors (Lipinski definition) is 2. The molecule has 0 aromatic heterocycles. The van der Waals surface area contributed by atoms with E-state index in [0.29, 0.717) is 0 Å². The van der Waals surface area contributed by atoms with Gasteiger partial charge in [-0.1, -0.05) is 62.3 Å². The predicted molar refractivity (Wildman–Crippen MR) is 106 cm³/mol. The van der Waals surface area contributed by atoms with E-state index in [9.17, 15) is 0 Å². The third-order valence-corrected chi connectivity index (χ3v) is 2.71. The van der Waals surface area contributed by atoms with Crippen molar-refractivity contribution in [3.05, 3.63) is 0 Å². The SMILES string of the molecule is CC(=N)C(C)(C)C.CC(=NC(C)(C)C)C(C)(C)C.CC(C)C. The number of rotatable bonds is 0. The summed E-state index contributed by atoms with van der Waals surface area (Å²) < 4.78 is 0. The standard InChI is InChI=1S/C10H21N.C6H13N.C4H10/c1-8(9(2,3)4)11-10(5,6)7;1-5(7)6(2,3)4;1-4(2)3/h1-7H3;7H,1-4H3;4H,1-3H3. The van der Waals surface area contributed by atoms with Gasteiger partial charge < -0.3 is 5.41 Å². The molecule has 0 aromatic carbocycles. The molecular weight excluding hydrogens is 268 g/mol. The molecule has 0 saturated carbocycles. The second-order valence-corrected chi connectivity index (χ2v) is 9.73. The Labute approximate surface area is 141 Å². The van der Waals surface area contributed by atoms with Gasteiger partial charge in [0.05, 0.1) is 5.54 Å². The first-order valence-electron chi connectivity index (χ1n) is 8.43. The van der Waals surface area contributed by atoms with Gasteiger partial charge in [0, 0.05) is 11.4 Å². The van der Waals surface area contributed by atoms with Gasteiger partial charge in [0.15, 0.2) is 0 Å². The fourth-order valence-electron chi connectivity index (χ4n) is 0.671. The predicted octanol–water partition coefficient (Wildman–Crippen LogP) is 7.03. The van der Waals surface area contributed by atoms with Crippen LogP contribution in [0.4, 0.5) is 0 Å². The maximum absolute atomic E-state index is 7.15. The van der Waals surface area contributed by atoms with E-state index in [-0.39, 0.29) is 16.4 Å². The van der Waals surface area contributed by atoms with E-state index in [1.165, 1.54) is 5.71 Å². The largest absolute Gasteiger partial charge is 0.309 e. The average molecular weight is 313 g/mol. The van der Waals surface area contributed by atoms with Crippen molar-refractivity contribution in [2.24, 2.45) is 21.7 Å². The Kier molecular flexibility index (Phi) is 12.1. The summed E-state index contributed by atoms with van der Waals surface area (Å²) in [4.78, 5) is 4.60. The smallest absolute Gasteiger partial charge is 0.0523 e. The zero-order valence-electron chi connectivity index (χ0n) is 18.0. The lowest BCUT2D eigenvalue weighted by Crippen LogP contribution is -2.22. The highest BCUT2D eigenvalue weighted by Gasteiger charge is 2.17. The highest BCUT2D eigenvalue weighted by Crippen LogP contribution is 2.19. The lowest BCUT2D eigenvalue weighted by molar-refractivity contribution is 0.538. The van der Waals surface area contributed by atoms with Crippen molar-refractivity contribution < 1.29 is 0 Å². The van der Waals surface area contributed by atoms with Gasteiger partial charge in [-0.05, 0) is 51.4 Å². The molecule has 0 fully saturated rings. The molecule has 0 aliphatic rings. The Morgan fingerprint density at radius 3 is 1.00 bits per heavy atom. The molecule has 0 aliphatic carbocycles. The van der Waals surface area contributed by atoms with Gasteiger partial charge in [0.1, 0.15) is 0 Å². The van der Waals surface area contributed by atoms with Crippen LogP contribution in [0.2, 0.25) is 0 Å². The molecule has 0 spiro atoms. The van der Waals surface area contributed by atoms with Gasteiger partial charge in [-0.25, -0.2) is 0 Å². The molecule has 0 heterocycles. The van der Waals surface area contributed by atoms with Gasteiger partial charge in [0.25, 0.3) is 0 Å². The Morgan fingerprint density at radius 2 is 0.955 bits per heavy atom. The number of nitrogens with zero attached hydrogens (tertiary/aromatic N) is 1. The van der Waals surface area contributed by atoms with E-state index in [1.54, 1.807) is 0 Å². The summed E-state index contributed by atoms with van der Waals surface area (Å²) in [7, 11) is 0. The summed E-state index contributed by atoms with van der Waals surface area (Å²) >= 11 is 0. The Balaban J connectivity index is -0.000000280. The Morgan fingerprint density at radius 1 is 0.727 bits per heavy atom. The lowest BCUT2D eigenvalue weighted by Gasteiger charge is -2.22. The van der Waals surface area contributed by atoms with Crippen LogP contribution in [-0.4, -0.2) is 17.0 Å². The minimum atomic E-state index is 0.0668. The maximum Gasteiger partial charge on any atom is 0.0523 e. The molecule has 0 amide bonds. The fourth-order valence-corrected chi connectivity index (χ4v) is 0.671. The fraction of sp³-hybridized carbons (Fsp3) is 0.900. The van der Waals surface area contributed by atoms with Crippen molar-refractivity contribution in [1.29, 1.82) is 5.41 Å². The third kappa shape index (κ3) is 24.4. The zero-order chi connectivity index (χ0) is 18.9. The van der Waals surface area contributed by atoms with E-state index in [0.717, 1.165) is 11.6 Å². The molecule has 0 rings (SSSR count). The third-order valence-electron chi connectivity index (χ3n) is 2.71. The Hall–Kier alpha value is -0.660. The molecule has 1 N–H and O–H groups in total. The highest BCUT2D eigenvalue weighted by atomic mass is 14.8. The number of aliphatic imine (C=N–C) groups is 1. The molecule has 2 heteroatoms. The van der Waals surface area contributed by atoms with Crippen molar-refractivity contribution >= 4 is 11.4 Å². The topological polar surface area (TPSA) is 36.2 Å². The zero-order valence-corrected chi connectivity index (χ0v) is 18.0. The minimum absolute atomic E-state index is 0.0668. The van der Waals surface area contributed by atoms with Crippen molar-refractivity contribution in [2.45, 2.75) is 102 Å². The maximum atomic E-state index is 7.15. The van der Waals surface area contributed by atoms with Crippen LogP contribution < -0.4 is 0 Å². The van der Waals surface area contributed by atoms with E-state index < -0.39 is 0 Å². The molecule has 2 nitrogen and oxygen atoms in total. The quantitative estimate of drug-likeness (QED) is 0.466. The summed E-state index contributed by atoms with van der Waals surface area (Å²) in [5.74, 6) is 0.833. The molecule has 0 aliphatic heterocycles. The first-order chi connectivity index (χ1) is 9.30. The summed E-state index contributed by atoms with van der Waals surface area (Å²) in [6.45, 7) is 29.5. The van der Waals surface area contributed by atoms with Crippen molar-refractivity contribution in [3.8, 4) is 0 Å². The molecule has 22 heavy (non-hydrogen) atoms. The van der Waals surface area contributed by atoms with Crippen LogP contribution in [0.15, 0.2) is 4.99 Å². The molecule has 0 saturated heterocycles. The van der Waals surface area contributed by atoms with Crippen molar-refractivity contribution in [2.75, 3.05) is 0 Å². The molecule has 0 atom stereocenters.